The number of aryl methyl sites for hydroxylation is 1. The molecular weight excluding hydrogens is 474 g/mol. The number of aromatic nitrogens is 1. The van der Waals surface area contributed by atoms with E-state index >= 15 is 0 Å². The summed E-state index contributed by atoms with van der Waals surface area (Å²) in [5.41, 5.74) is 7.92. The first-order chi connectivity index (χ1) is 18.1. The van der Waals surface area contributed by atoms with Gasteiger partial charge in [-0.25, -0.2) is 4.99 Å². The maximum absolute atomic E-state index is 12.5. The van der Waals surface area contributed by atoms with Gasteiger partial charge in [0.05, 0.1) is 16.4 Å². The standard InChI is InChI=1S/C32H33N3OS/c1-22-19-26-12-10-23(11-17-30(36)27-9-6-18-33-21-27)20-29(26)35-31(22)24-13-15-28(16-14-24)34-32(37)25-7-4-2-3-5-8-25/h6,9-10,12-16,18,20-21,25H,1-5,7-8,11,17,19H2,(H,34,37). The average molecular weight is 508 g/mol. The maximum Gasteiger partial charge on any atom is 0.164 e. The van der Waals surface area contributed by atoms with E-state index < -0.39 is 0 Å². The van der Waals surface area contributed by atoms with Gasteiger partial charge in [-0.1, -0.05) is 68.7 Å². The van der Waals surface area contributed by atoms with Gasteiger partial charge in [-0.2, -0.15) is 0 Å². The van der Waals surface area contributed by atoms with Gasteiger partial charge in [0.25, 0.3) is 0 Å². The molecule has 0 bridgehead atoms. The molecule has 1 aliphatic heterocycles. The number of rotatable bonds is 7. The molecule has 1 fully saturated rings. The number of fused-ring (bicyclic) bond motifs is 1. The third-order valence-electron chi connectivity index (χ3n) is 7.40. The molecule has 5 rings (SSSR count). The number of carbonyl (C=O) groups is 1. The van der Waals surface area contributed by atoms with E-state index in [-0.39, 0.29) is 5.78 Å². The van der Waals surface area contributed by atoms with Crippen LogP contribution >= 0.6 is 12.2 Å². The predicted octanol–water partition coefficient (Wildman–Crippen LogP) is 7.84. The fourth-order valence-corrected chi connectivity index (χ4v) is 5.58. The molecule has 2 aromatic carbocycles. The number of aliphatic imine (C=N–C) groups is 1. The zero-order valence-electron chi connectivity index (χ0n) is 21.2. The summed E-state index contributed by atoms with van der Waals surface area (Å²) in [7, 11) is 0. The molecule has 1 aliphatic carbocycles. The number of Topliss-reactive ketones (excluding diaryl/α,β-unsaturated/α-hetero) is 1. The second-order valence-electron chi connectivity index (χ2n) is 10.1. The van der Waals surface area contributed by atoms with E-state index in [2.05, 4.69) is 59.3 Å². The summed E-state index contributed by atoms with van der Waals surface area (Å²) in [4.78, 5) is 22.5. The lowest BCUT2D eigenvalue weighted by Gasteiger charge is -2.20. The van der Waals surface area contributed by atoms with Crippen molar-refractivity contribution in [1.29, 1.82) is 0 Å². The Morgan fingerprint density at radius 2 is 1.81 bits per heavy atom. The highest BCUT2D eigenvalue weighted by molar-refractivity contribution is 7.80. The Morgan fingerprint density at radius 1 is 1.03 bits per heavy atom. The summed E-state index contributed by atoms with van der Waals surface area (Å²) in [5, 5.41) is 3.48. The Kier molecular flexibility index (Phi) is 8.00. The van der Waals surface area contributed by atoms with Crippen molar-refractivity contribution < 1.29 is 4.79 Å². The molecule has 4 nitrogen and oxygen atoms in total. The van der Waals surface area contributed by atoms with Crippen LogP contribution in [0.2, 0.25) is 0 Å². The second kappa shape index (κ2) is 11.7. The van der Waals surface area contributed by atoms with Gasteiger partial charge in [-0.15, -0.1) is 0 Å². The number of benzene rings is 2. The molecule has 0 radical (unpaired) electrons. The van der Waals surface area contributed by atoms with Crippen molar-refractivity contribution in [3.8, 4) is 0 Å². The molecule has 5 heteroatoms. The average Bonchev–Trinajstić information content (AvgIpc) is 3.22. The lowest BCUT2D eigenvalue weighted by molar-refractivity contribution is 0.0982. The van der Waals surface area contributed by atoms with Gasteiger partial charge < -0.3 is 5.32 Å². The Bertz CT molecular complexity index is 1320. The van der Waals surface area contributed by atoms with Gasteiger partial charge in [-0.3, -0.25) is 9.78 Å². The fraction of sp³-hybridized carbons (Fsp3) is 0.312. The van der Waals surface area contributed by atoms with Crippen molar-refractivity contribution in [2.75, 3.05) is 5.32 Å². The minimum atomic E-state index is 0.107. The van der Waals surface area contributed by atoms with Crippen molar-refractivity contribution in [3.63, 3.8) is 0 Å². The Balaban J connectivity index is 1.27. The van der Waals surface area contributed by atoms with E-state index in [1.54, 1.807) is 18.5 Å². The maximum atomic E-state index is 12.5. The van der Waals surface area contributed by atoms with Crippen molar-refractivity contribution in [2.24, 2.45) is 10.9 Å². The number of pyridine rings is 1. The van der Waals surface area contributed by atoms with Gasteiger partial charge in [0.15, 0.2) is 5.78 Å². The van der Waals surface area contributed by atoms with Crippen LogP contribution < -0.4 is 5.32 Å². The molecule has 1 saturated carbocycles. The molecule has 188 valence electrons. The summed E-state index contributed by atoms with van der Waals surface area (Å²) >= 11 is 5.74. The molecule has 0 spiro atoms. The molecular formula is C32H33N3OS. The van der Waals surface area contributed by atoms with E-state index in [0.29, 0.717) is 24.3 Å². The molecule has 0 amide bonds. The van der Waals surface area contributed by atoms with Crippen LogP contribution in [0.25, 0.3) is 0 Å². The van der Waals surface area contributed by atoms with Gasteiger partial charge in [-0.05, 0) is 66.3 Å². The first kappa shape index (κ1) is 25.2. The van der Waals surface area contributed by atoms with E-state index in [0.717, 1.165) is 45.2 Å². The van der Waals surface area contributed by atoms with Crippen molar-refractivity contribution in [2.45, 2.75) is 57.8 Å². The monoisotopic (exact) mass is 507 g/mol. The number of hydrogen-bond acceptors (Lipinski definition) is 4. The van der Waals surface area contributed by atoms with Gasteiger partial charge in [0, 0.05) is 48.0 Å². The zero-order valence-corrected chi connectivity index (χ0v) is 22.0. The van der Waals surface area contributed by atoms with Gasteiger partial charge in [0.1, 0.15) is 0 Å². The quantitative estimate of drug-likeness (QED) is 0.201. The zero-order chi connectivity index (χ0) is 25.6. The summed E-state index contributed by atoms with van der Waals surface area (Å²) in [5.74, 6) is 0.598. The Hall–Kier alpha value is -3.44. The van der Waals surface area contributed by atoms with Crippen molar-refractivity contribution in [3.05, 3.63) is 101 Å². The predicted molar refractivity (Wildman–Crippen MR) is 156 cm³/mol. The van der Waals surface area contributed by atoms with Crippen LogP contribution in [-0.4, -0.2) is 21.5 Å². The Labute approximate surface area is 225 Å². The largest absolute Gasteiger partial charge is 0.350 e. The number of thiocarbonyl (C=S) groups is 1. The number of ketones is 1. The van der Waals surface area contributed by atoms with E-state index in [1.165, 1.54) is 44.1 Å². The first-order valence-electron chi connectivity index (χ1n) is 13.3. The number of allylic oxidation sites excluding steroid dienone is 1. The molecule has 0 atom stereocenters. The van der Waals surface area contributed by atoms with Crippen LogP contribution in [0.1, 0.15) is 72.0 Å². The van der Waals surface area contributed by atoms with E-state index in [1.807, 2.05) is 6.07 Å². The van der Waals surface area contributed by atoms with Crippen LogP contribution in [0.3, 0.4) is 0 Å². The summed E-state index contributed by atoms with van der Waals surface area (Å²) < 4.78 is 0. The minimum Gasteiger partial charge on any atom is -0.350 e. The molecule has 2 heterocycles. The topological polar surface area (TPSA) is 54.4 Å². The number of nitrogens with zero attached hydrogens (tertiary/aromatic N) is 2. The number of carbonyl (C=O) groups excluding carboxylic acids is 1. The highest BCUT2D eigenvalue weighted by Gasteiger charge is 2.19. The second-order valence-corrected chi connectivity index (χ2v) is 10.6. The van der Waals surface area contributed by atoms with E-state index in [9.17, 15) is 4.79 Å². The summed E-state index contributed by atoms with van der Waals surface area (Å²) in [6.45, 7) is 4.31. The smallest absolute Gasteiger partial charge is 0.164 e. The third-order valence-corrected chi connectivity index (χ3v) is 7.83. The number of hydrogen-bond donors (Lipinski definition) is 1. The fourth-order valence-electron chi connectivity index (χ4n) is 5.23. The van der Waals surface area contributed by atoms with Crippen molar-refractivity contribution in [1.82, 2.24) is 4.98 Å². The van der Waals surface area contributed by atoms with Crippen molar-refractivity contribution >= 4 is 40.1 Å². The van der Waals surface area contributed by atoms with Crippen LogP contribution in [-0.2, 0) is 12.8 Å². The molecule has 3 aromatic rings. The highest BCUT2D eigenvalue weighted by atomic mass is 32.1. The third kappa shape index (κ3) is 6.28. The molecule has 1 aromatic heterocycles. The molecule has 2 aliphatic rings. The van der Waals surface area contributed by atoms with Gasteiger partial charge >= 0.3 is 0 Å². The molecule has 37 heavy (non-hydrogen) atoms. The molecule has 0 unspecified atom stereocenters. The summed E-state index contributed by atoms with van der Waals surface area (Å²) in [6, 6.07) is 18.3. The van der Waals surface area contributed by atoms with Crippen LogP contribution in [0, 0.1) is 5.92 Å². The molecule has 1 N–H and O–H groups in total. The van der Waals surface area contributed by atoms with Gasteiger partial charge in [0.2, 0.25) is 0 Å². The van der Waals surface area contributed by atoms with Crippen LogP contribution in [0.15, 0.2) is 84.1 Å². The highest BCUT2D eigenvalue weighted by Crippen LogP contribution is 2.32. The molecule has 0 saturated heterocycles. The number of anilines is 1. The minimum absolute atomic E-state index is 0.107. The van der Waals surface area contributed by atoms with Crippen LogP contribution in [0.5, 0.6) is 0 Å². The van der Waals surface area contributed by atoms with Crippen LogP contribution in [0.4, 0.5) is 11.4 Å². The normalized spacial score (nSPS) is 15.9. The summed E-state index contributed by atoms with van der Waals surface area (Å²) in [6.07, 6.45) is 12.8. The number of nitrogens with one attached hydrogen (secondary N) is 1. The SMILES string of the molecule is C=C1Cc2ccc(CCC(=O)c3cccnc3)cc2N=C1c1ccc(NC(=S)C2CCCCCC2)cc1. The van der Waals surface area contributed by atoms with E-state index in [4.69, 9.17) is 17.2 Å². The lowest BCUT2D eigenvalue weighted by Crippen LogP contribution is -2.20. The lowest BCUT2D eigenvalue weighted by atomic mass is 9.92. The first-order valence-corrected chi connectivity index (χ1v) is 13.7. The Morgan fingerprint density at radius 3 is 2.54 bits per heavy atom.